The van der Waals surface area contributed by atoms with Gasteiger partial charge in [0, 0.05) is 18.3 Å². The van der Waals surface area contributed by atoms with Gasteiger partial charge in [0.05, 0.1) is 0 Å². The Morgan fingerprint density at radius 1 is 1.43 bits per heavy atom. The first kappa shape index (κ1) is 9.40. The molecule has 0 radical (unpaired) electrons. The summed E-state index contributed by atoms with van der Waals surface area (Å²) in [7, 11) is 0. The number of anilines is 1. The van der Waals surface area contributed by atoms with E-state index in [1.807, 2.05) is 6.07 Å². The van der Waals surface area contributed by atoms with E-state index in [4.69, 9.17) is 5.73 Å². The molecule has 0 atom stereocenters. The quantitative estimate of drug-likeness (QED) is 0.754. The third kappa shape index (κ3) is 2.20. The lowest BCUT2D eigenvalue weighted by Crippen LogP contribution is -2.43. The average Bonchev–Trinajstić information content (AvgIpc) is 2.65. The fraction of sp³-hybridized carbons (Fsp3) is 0.600. The van der Waals surface area contributed by atoms with Crippen LogP contribution in [0.15, 0.2) is 18.6 Å². The van der Waals surface area contributed by atoms with Crippen LogP contribution in [0.5, 0.6) is 0 Å². The third-order valence-electron chi connectivity index (χ3n) is 2.80. The molecule has 3 N–H and O–H groups in total. The van der Waals surface area contributed by atoms with Gasteiger partial charge in [0.2, 0.25) is 0 Å². The molecule has 1 aliphatic carbocycles. The van der Waals surface area contributed by atoms with Crippen molar-refractivity contribution < 1.29 is 0 Å². The largest absolute Gasteiger partial charge is 0.368 e. The highest BCUT2D eigenvalue weighted by Gasteiger charge is 2.28. The monoisotopic (exact) mass is 192 g/mol. The maximum absolute atomic E-state index is 6.20. The van der Waals surface area contributed by atoms with Crippen molar-refractivity contribution in [3.05, 3.63) is 18.6 Å². The second-order valence-corrected chi connectivity index (χ2v) is 4.02. The Kier molecular flexibility index (Phi) is 2.63. The molecule has 1 fully saturated rings. The zero-order valence-electron chi connectivity index (χ0n) is 8.24. The first-order chi connectivity index (χ1) is 6.79. The van der Waals surface area contributed by atoms with E-state index in [1.165, 1.54) is 12.8 Å². The second kappa shape index (κ2) is 3.92. The molecule has 14 heavy (non-hydrogen) atoms. The molecule has 1 aliphatic rings. The van der Waals surface area contributed by atoms with Crippen LogP contribution >= 0.6 is 0 Å². The lowest BCUT2D eigenvalue weighted by atomic mass is 9.99. The van der Waals surface area contributed by atoms with Crippen LogP contribution in [0, 0.1) is 0 Å². The minimum absolute atomic E-state index is 0.0229. The molecule has 0 saturated heterocycles. The number of rotatable bonds is 3. The number of nitrogens with two attached hydrogens (primary N) is 1. The Balaban J connectivity index is 1.88. The van der Waals surface area contributed by atoms with Gasteiger partial charge < -0.3 is 11.1 Å². The molecular weight excluding hydrogens is 176 g/mol. The predicted octanol–water partition coefficient (Wildman–Crippen LogP) is 1.16. The van der Waals surface area contributed by atoms with Gasteiger partial charge in [-0.3, -0.25) is 0 Å². The van der Waals surface area contributed by atoms with Crippen LogP contribution in [0.1, 0.15) is 25.7 Å². The number of nitrogens with one attached hydrogen (secondary N) is 1. The van der Waals surface area contributed by atoms with Crippen LogP contribution in [0.2, 0.25) is 0 Å². The van der Waals surface area contributed by atoms with Gasteiger partial charge in [-0.2, -0.15) is 0 Å². The van der Waals surface area contributed by atoms with Gasteiger partial charge in [0.1, 0.15) is 12.1 Å². The zero-order valence-corrected chi connectivity index (χ0v) is 8.24. The Bertz CT molecular complexity index is 279. The van der Waals surface area contributed by atoms with E-state index in [1.54, 1.807) is 12.5 Å². The molecular formula is C10H16N4. The summed E-state index contributed by atoms with van der Waals surface area (Å²) in [4.78, 5) is 7.95. The molecule has 1 saturated carbocycles. The molecule has 0 bridgehead atoms. The molecule has 0 aromatic carbocycles. The summed E-state index contributed by atoms with van der Waals surface area (Å²) >= 11 is 0. The topological polar surface area (TPSA) is 63.8 Å². The zero-order chi connectivity index (χ0) is 9.86. The van der Waals surface area contributed by atoms with E-state index in [0.29, 0.717) is 0 Å². The standard InChI is InChI=1S/C10H16N4/c11-10(4-1-2-5-10)7-13-9-3-6-12-8-14-9/h3,6,8H,1-2,4-5,7,11H2,(H,12,13,14). The molecule has 1 aromatic rings. The number of nitrogens with zero attached hydrogens (tertiary/aromatic N) is 2. The predicted molar refractivity (Wildman–Crippen MR) is 55.9 cm³/mol. The lowest BCUT2D eigenvalue weighted by Gasteiger charge is -2.23. The molecule has 2 rings (SSSR count). The highest BCUT2D eigenvalue weighted by molar-refractivity contribution is 5.32. The summed E-state index contributed by atoms with van der Waals surface area (Å²) in [5.41, 5.74) is 6.18. The normalized spacial score (nSPS) is 19.5. The average molecular weight is 192 g/mol. The maximum Gasteiger partial charge on any atom is 0.129 e. The molecule has 0 spiro atoms. The summed E-state index contributed by atoms with van der Waals surface area (Å²) < 4.78 is 0. The van der Waals surface area contributed by atoms with Gasteiger partial charge in [0.25, 0.3) is 0 Å². The molecule has 1 aromatic heterocycles. The van der Waals surface area contributed by atoms with Crippen LogP contribution in [-0.4, -0.2) is 22.1 Å². The molecule has 4 nitrogen and oxygen atoms in total. The highest BCUT2D eigenvalue weighted by Crippen LogP contribution is 2.27. The minimum Gasteiger partial charge on any atom is -0.368 e. The molecule has 0 unspecified atom stereocenters. The van der Waals surface area contributed by atoms with Gasteiger partial charge in [-0.05, 0) is 18.9 Å². The van der Waals surface area contributed by atoms with Crippen molar-refractivity contribution in [2.24, 2.45) is 5.73 Å². The van der Waals surface area contributed by atoms with E-state index in [2.05, 4.69) is 15.3 Å². The Labute approximate surface area is 83.9 Å². The van der Waals surface area contributed by atoms with E-state index in [-0.39, 0.29) is 5.54 Å². The summed E-state index contributed by atoms with van der Waals surface area (Å²) in [6, 6.07) is 1.86. The maximum atomic E-state index is 6.20. The van der Waals surface area contributed by atoms with Crippen molar-refractivity contribution in [3.63, 3.8) is 0 Å². The van der Waals surface area contributed by atoms with E-state index < -0.39 is 0 Å². The van der Waals surface area contributed by atoms with Crippen LogP contribution in [0.3, 0.4) is 0 Å². The first-order valence-corrected chi connectivity index (χ1v) is 5.07. The fourth-order valence-corrected chi connectivity index (χ4v) is 1.92. The van der Waals surface area contributed by atoms with E-state index >= 15 is 0 Å². The first-order valence-electron chi connectivity index (χ1n) is 5.07. The van der Waals surface area contributed by atoms with Crippen LogP contribution < -0.4 is 11.1 Å². The fourth-order valence-electron chi connectivity index (χ4n) is 1.92. The highest BCUT2D eigenvalue weighted by atomic mass is 15.0. The van der Waals surface area contributed by atoms with Gasteiger partial charge in [-0.1, -0.05) is 12.8 Å². The third-order valence-corrected chi connectivity index (χ3v) is 2.80. The smallest absolute Gasteiger partial charge is 0.129 e. The van der Waals surface area contributed by atoms with Crippen LogP contribution in [0.25, 0.3) is 0 Å². The molecule has 4 heteroatoms. The molecule has 1 heterocycles. The van der Waals surface area contributed by atoms with Crippen molar-refractivity contribution in [1.29, 1.82) is 0 Å². The van der Waals surface area contributed by atoms with Crippen molar-refractivity contribution >= 4 is 5.82 Å². The SMILES string of the molecule is NC1(CNc2ccncn2)CCCC1. The number of hydrogen-bond donors (Lipinski definition) is 2. The van der Waals surface area contributed by atoms with Crippen molar-refractivity contribution in [2.45, 2.75) is 31.2 Å². The molecule has 0 aliphatic heterocycles. The van der Waals surface area contributed by atoms with Gasteiger partial charge in [-0.15, -0.1) is 0 Å². The van der Waals surface area contributed by atoms with Crippen molar-refractivity contribution in [3.8, 4) is 0 Å². The minimum atomic E-state index is -0.0229. The van der Waals surface area contributed by atoms with Crippen LogP contribution in [0.4, 0.5) is 5.82 Å². The number of hydrogen-bond acceptors (Lipinski definition) is 4. The van der Waals surface area contributed by atoms with Gasteiger partial charge >= 0.3 is 0 Å². The Morgan fingerprint density at radius 2 is 2.21 bits per heavy atom. The lowest BCUT2D eigenvalue weighted by molar-refractivity contribution is 0.463. The molecule has 0 amide bonds. The molecule has 76 valence electrons. The van der Waals surface area contributed by atoms with E-state index in [0.717, 1.165) is 25.2 Å². The van der Waals surface area contributed by atoms with Gasteiger partial charge in [-0.25, -0.2) is 9.97 Å². The summed E-state index contributed by atoms with van der Waals surface area (Å²) in [5, 5.41) is 3.25. The number of aromatic nitrogens is 2. The van der Waals surface area contributed by atoms with E-state index in [9.17, 15) is 0 Å². The van der Waals surface area contributed by atoms with Gasteiger partial charge in [0.15, 0.2) is 0 Å². The summed E-state index contributed by atoms with van der Waals surface area (Å²) in [5.74, 6) is 0.858. The summed E-state index contributed by atoms with van der Waals surface area (Å²) in [6.45, 7) is 0.810. The summed E-state index contributed by atoms with van der Waals surface area (Å²) in [6.07, 6.45) is 8.01. The van der Waals surface area contributed by atoms with Crippen molar-refractivity contribution in [1.82, 2.24) is 9.97 Å². The van der Waals surface area contributed by atoms with Crippen molar-refractivity contribution in [2.75, 3.05) is 11.9 Å². The second-order valence-electron chi connectivity index (χ2n) is 4.02. The Hall–Kier alpha value is -1.16. The van der Waals surface area contributed by atoms with Crippen LogP contribution in [-0.2, 0) is 0 Å². The Morgan fingerprint density at radius 3 is 2.86 bits per heavy atom.